The van der Waals surface area contributed by atoms with Crippen LogP contribution in [0.4, 0.5) is 0 Å². The van der Waals surface area contributed by atoms with Crippen LogP contribution in [0.1, 0.15) is 303 Å². The Hall–Kier alpha value is -1.92. The Morgan fingerprint density at radius 2 is 0.769 bits per heavy atom. The fourth-order valence-electron chi connectivity index (χ4n) is 8.72. The fourth-order valence-corrected chi connectivity index (χ4v) is 8.72. The van der Waals surface area contributed by atoms with Gasteiger partial charge in [-0.05, 0) is 83.5 Å². The molecule has 0 spiro atoms. The maximum atomic E-state index is 12.4. The van der Waals surface area contributed by atoms with Gasteiger partial charge >= 0.3 is 5.97 Å². The fraction of sp³-hybridized carbons (Fsp3) is 0.864. The van der Waals surface area contributed by atoms with Gasteiger partial charge < -0.3 is 20.3 Å². The molecular formula is C59H111NO5. The van der Waals surface area contributed by atoms with Crippen molar-refractivity contribution < 1.29 is 24.5 Å². The van der Waals surface area contributed by atoms with Gasteiger partial charge in [-0.15, -0.1) is 0 Å². The van der Waals surface area contributed by atoms with Gasteiger partial charge in [-0.25, -0.2) is 0 Å². The number of carbonyl (C=O) groups excluding carboxylic acids is 2. The van der Waals surface area contributed by atoms with Crippen LogP contribution >= 0.6 is 0 Å². The number of hydrogen-bond acceptors (Lipinski definition) is 5. The van der Waals surface area contributed by atoms with E-state index in [1.54, 1.807) is 0 Å². The van der Waals surface area contributed by atoms with Gasteiger partial charge in [-0.3, -0.25) is 9.59 Å². The van der Waals surface area contributed by atoms with Crippen LogP contribution in [0, 0.1) is 0 Å². The zero-order chi connectivity index (χ0) is 47.2. The van der Waals surface area contributed by atoms with Gasteiger partial charge in [0.15, 0.2) is 0 Å². The molecule has 2 atom stereocenters. The van der Waals surface area contributed by atoms with Crippen molar-refractivity contribution in [2.24, 2.45) is 0 Å². The molecule has 0 aliphatic carbocycles. The second-order valence-corrected chi connectivity index (χ2v) is 19.6. The summed E-state index contributed by atoms with van der Waals surface area (Å²) in [6.07, 6.45) is 67.1. The number of carbonyl (C=O) groups is 2. The van der Waals surface area contributed by atoms with Crippen molar-refractivity contribution in [3.05, 3.63) is 36.5 Å². The third kappa shape index (κ3) is 51.3. The number of hydrogen-bond donors (Lipinski definition) is 3. The van der Waals surface area contributed by atoms with Crippen molar-refractivity contribution >= 4 is 11.9 Å². The van der Waals surface area contributed by atoms with Crippen LogP contribution in [0.25, 0.3) is 0 Å². The van der Waals surface area contributed by atoms with Crippen molar-refractivity contribution in [3.63, 3.8) is 0 Å². The van der Waals surface area contributed by atoms with Crippen molar-refractivity contribution in [3.8, 4) is 0 Å². The Bertz CT molecular complexity index is 1060. The van der Waals surface area contributed by atoms with E-state index in [1.807, 2.05) is 0 Å². The number of rotatable bonds is 53. The highest BCUT2D eigenvalue weighted by molar-refractivity contribution is 5.76. The standard InChI is InChI=1S/C59H111NO5/c1-3-5-7-9-11-13-14-15-16-17-20-24-27-30-33-37-41-45-49-53-59(64)65-54-50-46-42-38-34-31-28-25-22-19-18-21-23-26-29-32-36-40-44-48-52-58(63)60-56(55-61)57(62)51-47-43-39-35-12-10-8-6-4-2/h11,13,15-16,18,21,56-57,61-62H,3-10,12,14,17,19-20,22-55H2,1-2H3,(H,60,63)/b13-11-,16-15-,21-18-. The van der Waals surface area contributed by atoms with E-state index >= 15 is 0 Å². The summed E-state index contributed by atoms with van der Waals surface area (Å²) in [6, 6.07) is -0.546. The molecule has 0 radical (unpaired) electrons. The number of allylic oxidation sites excluding steroid dienone is 6. The van der Waals surface area contributed by atoms with Crippen LogP contribution in [0.15, 0.2) is 36.5 Å². The number of aliphatic hydroxyl groups is 2. The van der Waals surface area contributed by atoms with Gasteiger partial charge in [0.2, 0.25) is 5.91 Å². The van der Waals surface area contributed by atoms with Crippen LogP contribution < -0.4 is 5.32 Å². The third-order valence-electron chi connectivity index (χ3n) is 13.2. The van der Waals surface area contributed by atoms with Gasteiger partial charge in [0.1, 0.15) is 0 Å². The lowest BCUT2D eigenvalue weighted by molar-refractivity contribution is -0.143. The van der Waals surface area contributed by atoms with Crippen LogP contribution in [-0.4, -0.2) is 47.4 Å². The molecule has 0 aliphatic heterocycles. The molecule has 0 rings (SSSR count). The average Bonchev–Trinajstić information content (AvgIpc) is 3.31. The minimum Gasteiger partial charge on any atom is -0.466 e. The lowest BCUT2D eigenvalue weighted by Crippen LogP contribution is -2.45. The molecule has 0 fully saturated rings. The van der Waals surface area contributed by atoms with E-state index in [1.165, 1.54) is 218 Å². The molecule has 2 unspecified atom stereocenters. The normalized spacial score (nSPS) is 12.9. The molecule has 0 aromatic rings. The van der Waals surface area contributed by atoms with Crippen molar-refractivity contribution in [2.75, 3.05) is 13.2 Å². The summed E-state index contributed by atoms with van der Waals surface area (Å²) in [5, 5.41) is 23.1. The topological polar surface area (TPSA) is 95.9 Å². The number of amides is 1. The number of nitrogens with one attached hydrogen (secondary N) is 1. The Balaban J connectivity index is 3.39. The molecule has 382 valence electrons. The highest BCUT2D eigenvalue weighted by Crippen LogP contribution is 2.16. The van der Waals surface area contributed by atoms with E-state index < -0.39 is 12.1 Å². The summed E-state index contributed by atoms with van der Waals surface area (Å²) in [6.45, 7) is 4.90. The number of aliphatic hydroxyl groups excluding tert-OH is 2. The Morgan fingerprint density at radius 3 is 1.22 bits per heavy atom. The number of esters is 1. The first kappa shape index (κ1) is 63.1. The summed E-state index contributed by atoms with van der Waals surface area (Å²) in [4.78, 5) is 24.5. The lowest BCUT2D eigenvalue weighted by Gasteiger charge is -2.22. The molecule has 1 amide bonds. The molecule has 6 heteroatoms. The maximum absolute atomic E-state index is 12.4. The minimum absolute atomic E-state index is 0.00207. The molecule has 0 heterocycles. The molecule has 6 nitrogen and oxygen atoms in total. The Kier molecular flexibility index (Phi) is 53.1. The largest absolute Gasteiger partial charge is 0.466 e. The van der Waals surface area contributed by atoms with Gasteiger partial charge in [-0.1, -0.05) is 243 Å². The quantitative estimate of drug-likeness (QED) is 0.0321. The third-order valence-corrected chi connectivity index (χ3v) is 13.2. The summed E-state index contributed by atoms with van der Waals surface area (Å²) >= 11 is 0. The van der Waals surface area contributed by atoms with Crippen LogP contribution in [0.5, 0.6) is 0 Å². The molecule has 0 bridgehead atoms. The second kappa shape index (κ2) is 54.7. The molecule has 0 aliphatic rings. The zero-order valence-corrected chi connectivity index (χ0v) is 43.5. The van der Waals surface area contributed by atoms with Crippen LogP contribution in [0.2, 0.25) is 0 Å². The van der Waals surface area contributed by atoms with Crippen LogP contribution in [-0.2, 0) is 14.3 Å². The molecule has 0 saturated carbocycles. The molecule has 65 heavy (non-hydrogen) atoms. The SMILES string of the molecule is CCCCC/C=C\C/C=C\CCCCCCCCCCCC(=O)OCCCCCCCCCCC/C=C\CCCCCCCCCC(=O)NC(CO)C(O)CCCCCCCCCCC. The van der Waals surface area contributed by atoms with Crippen molar-refractivity contribution in [2.45, 2.75) is 315 Å². The smallest absolute Gasteiger partial charge is 0.305 e. The highest BCUT2D eigenvalue weighted by Gasteiger charge is 2.20. The van der Waals surface area contributed by atoms with Gasteiger partial charge in [-0.2, -0.15) is 0 Å². The Morgan fingerprint density at radius 1 is 0.431 bits per heavy atom. The monoisotopic (exact) mass is 914 g/mol. The average molecular weight is 915 g/mol. The van der Waals surface area contributed by atoms with Crippen molar-refractivity contribution in [1.82, 2.24) is 5.32 Å². The summed E-state index contributed by atoms with van der Waals surface area (Å²) < 4.78 is 5.49. The summed E-state index contributed by atoms with van der Waals surface area (Å²) in [5.74, 6) is -0.0443. The summed E-state index contributed by atoms with van der Waals surface area (Å²) in [5.41, 5.74) is 0. The molecule has 3 N–H and O–H groups in total. The van der Waals surface area contributed by atoms with Gasteiger partial charge in [0, 0.05) is 12.8 Å². The van der Waals surface area contributed by atoms with E-state index in [9.17, 15) is 19.8 Å². The number of unbranched alkanes of at least 4 members (excludes halogenated alkanes) is 36. The van der Waals surface area contributed by atoms with Crippen LogP contribution in [0.3, 0.4) is 0 Å². The highest BCUT2D eigenvalue weighted by atomic mass is 16.5. The van der Waals surface area contributed by atoms with Crippen molar-refractivity contribution in [1.29, 1.82) is 0 Å². The van der Waals surface area contributed by atoms with E-state index in [0.717, 1.165) is 51.4 Å². The molecule has 0 aromatic heterocycles. The first-order valence-corrected chi connectivity index (χ1v) is 28.7. The zero-order valence-electron chi connectivity index (χ0n) is 43.5. The first-order chi connectivity index (χ1) is 32.0. The van der Waals surface area contributed by atoms with Gasteiger partial charge in [0.25, 0.3) is 0 Å². The maximum Gasteiger partial charge on any atom is 0.305 e. The Labute approximate surface area is 404 Å². The van der Waals surface area contributed by atoms with E-state index in [0.29, 0.717) is 25.9 Å². The number of ether oxygens (including phenoxy) is 1. The molecular weight excluding hydrogens is 803 g/mol. The van der Waals surface area contributed by atoms with E-state index in [2.05, 4.69) is 55.6 Å². The predicted molar refractivity (Wildman–Crippen MR) is 283 cm³/mol. The second-order valence-electron chi connectivity index (χ2n) is 19.6. The lowest BCUT2D eigenvalue weighted by atomic mass is 10.0. The first-order valence-electron chi connectivity index (χ1n) is 28.7. The molecule has 0 saturated heterocycles. The van der Waals surface area contributed by atoms with E-state index in [-0.39, 0.29) is 18.5 Å². The summed E-state index contributed by atoms with van der Waals surface area (Å²) in [7, 11) is 0. The predicted octanol–water partition coefficient (Wildman–Crippen LogP) is 17.6. The van der Waals surface area contributed by atoms with Gasteiger partial charge in [0.05, 0.1) is 25.4 Å². The van der Waals surface area contributed by atoms with E-state index in [4.69, 9.17) is 4.74 Å². The minimum atomic E-state index is -0.668. The molecule has 0 aromatic carbocycles.